The first kappa shape index (κ1) is 39.1. The van der Waals surface area contributed by atoms with Crippen LogP contribution in [0.5, 0.6) is 0 Å². The summed E-state index contributed by atoms with van der Waals surface area (Å²) in [5.41, 5.74) is 0.541. The highest BCUT2D eigenvalue weighted by Crippen LogP contribution is 2.47. The van der Waals surface area contributed by atoms with Crippen LogP contribution < -0.4 is 0 Å². The number of ether oxygens (including phenoxy) is 5. The Morgan fingerprint density at radius 2 is 1.87 bits per heavy atom. The van der Waals surface area contributed by atoms with E-state index in [4.69, 9.17) is 28.5 Å². The van der Waals surface area contributed by atoms with Gasteiger partial charge in [-0.05, 0) is 55.7 Å². The number of benzene rings is 1. The maximum Gasteiger partial charge on any atom is 0.361 e. The summed E-state index contributed by atoms with van der Waals surface area (Å²) >= 11 is 0. The second-order valence-electron chi connectivity index (χ2n) is 15.4. The zero-order valence-electron chi connectivity index (χ0n) is 31.7. The van der Waals surface area contributed by atoms with Crippen molar-refractivity contribution in [3.8, 4) is 0 Å². The zero-order chi connectivity index (χ0) is 37.9. The maximum absolute atomic E-state index is 14.2. The van der Waals surface area contributed by atoms with Crippen LogP contribution in [0.25, 0.3) is 0 Å². The molecule has 1 aromatic carbocycles. The number of hydrogen-bond donors (Lipinski definition) is 2. The van der Waals surface area contributed by atoms with E-state index >= 15 is 0 Å². The minimum atomic E-state index is -1.84. The molecule has 288 valence electrons. The number of hydrogen-bond acceptors (Lipinski definition) is 11. The second-order valence-corrected chi connectivity index (χ2v) is 15.4. The van der Waals surface area contributed by atoms with Gasteiger partial charge in [-0.25, -0.2) is 4.79 Å². The van der Waals surface area contributed by atoms with Crippen molar-refractivity contribution in [2.45, 2.75) is 128 Å². The highest BCUT2D eigenvalue weighted by molar-refractivity contribution is 6.43. The number of aliphatic hydroxyl groups is 2. The summed E-state index contributed by atoms with van der Waals surface area (Å²) in [4.78, 5) is 33.0. The van der Waals surface area contributed by atoms with Crippen LogP contribution in [0.15, 0.2) is 82.6 Å². The first-order valence-electron chi connectivity index (χ1n) is 19.1. The van der Waals surface area contributed by atoms with Crippen molar-refractivity contribution in [2.24, 2.45) is 22.9 Å². The molecule has 11 atom stereocenters. The molecule has 4 aliphatic heterocycles. The van der Waals surface area contributed by atoms with Gasteiger partial charge in [0.15, 0.2) is 11.5 Å². The Hall–Kier alpha value is -3.61. The third kappa shape index (κ3) is 8.10. The first-order chi connectivity index (χ1) is 25.4. The van der Waals surface area contributed by atoms with Gasteiger partial charge in [0, 0.05) is 30.7 Å². The molecule has 1 aromatic rings. The number of carbonyl (C=O) groups is 2. The standard InChI is InChI=1S/C42H55NO10/c1-7-12-34-25(2)19-20-41(53-34)23-32-22-31(52-41)18-17-27(4)37(51-40(46)35(43-48-6)29-14-9-8-10-15-29)26(3)13-11-16-30-24-49-38-36(44)28(5)21-33(39(45)50-32)42(30,38)47/h8-11,13-17,21,25-26,31-34,36-38,44,47H,7,12,18-20,22-24H2,1-6H3/b13-11+,27-17+,30-16+,43-35-/t25-,26-,31+,32-,33-,34+,36+,37+,38+,41+,42+/m0/s1. The van der Waals surface area contributed by atoms with Gasteiger partial charge in [0.1, 0.15) is 43.0 Å². The van der Waals surface area contributed by atoms with Crippen LogP contribution in [-0.2, 0) is 38.1 Å². The van der Waals surface area contributed by atoms with Crippen molar-refractivity contribution < 1.29 is 48.3 Å². The summed E-state index contributed by atoms with van der Waals surface area (Å²) in [6.07, 6.45) is 9.90. The molecule has 0 aromatic heterocycles. The molecule has 2 N–H and O–H groups in total. The van der Waals surface area contributed by atoms with E-state index in [0.29, 0.717) is 48.3 Å². The lowest BCUT2D eigenvalue weighted by atomic mass is 9.71. The van der Waals surface area contributed by atoms with E-state index in [9.17, 15) is 19.8 Å². The molecule has 0 saturated carbocycles. The number of carbonyl (C=O) groups excluding carboxylic acids is 2. The number of esters is 2. The van der Waals surface area contributed by atoms with Crippen LogP contribution in [0.1, 0.15) is 85.1 Å². The molecule has 1 aliphatic carbocycles. The first-order valence-corrected chi connectivity index (χ1v) is 19.1. The van der Waals surface area contributed by atoms with Crippen LogP contribution in [0, 0.1) is 17.8 Å². The van der Waals surface area contributed by atoms with E-state index in [1.165, 1.54) is 7.11 Å². The fourth-order valence-corrected chi connectivity index (χ4v) is 8.58. The smallest absolute Gasteiger partial charge is 0.361 e. The van der Waals surface area contributed by atoms with Crippen LogP contribution in [-0.4, -0.2) is 89.6 Å². The van der Waals surface area contributed by atoms with Crippen molar-refractivity contribution in [3.05, 3.63) is 83.0 Å². The monoisotopic (exact) mass is 733 g/mol. The second kappa shape index (κ2) is 16.4. The minimum absolute atomic E-state index is 0.0122. The molecule has 3 saturated heterocycles. The molecular weight excluding hydrogens is 678 g/mol. The lowest BCUT2D eigenvalue weighted by Gasteiger charge is -2.50. The number of oxime groups is 1. The average molecular weight is 734 g/mol. The molecular formula is C42H55NO10. The average Bonchev–Trinajstić information content (AvgIpc) is 3.48. The van der Waals surface area contributed by atoms with Gasteiger partial charge in [-0.3, -0.25) is 4.79 Å². The highest BCUT2D eigenvalue weighted by Gasteiger charge is 2.60. The summed E-state index contributed by atoms with van der Waals surface area (Å²) in [6, 6.07) is 9.00. The molecule has 53 heavy (non-hydrogen) atoms. The van der Waals surface area contributed by atoms with E-state index in [0.717, 1.165) is 24.8 Å². The Balaban J connectivity index is 1.39. The fraction of sp³-hybridized carbons (Fsp3) is 0.595. The third-order valence-electron chi connectivity index (χ3n) is 11.6. The Morgan fingerprint density at radius 1 is 1.09 bits per heavy atom. The number of rotatable bonds is 6. The molecule has 0 radical (unpaired) electrons. The highest BCUT2D eigenvalue weighted by atomic mass is 16.7. The predicted molar refractivity (Wildman–Crippen MR) is 197 cm³/mol. The van der Waals surface area contributed by atoms with Crippen molar-refractivity contribution in [1.82, 2.24) is 0 Å². The van der Waals surface area contributed by atoms with Crippen LogP contribution in [0.3, 0.4) is 0 Å². The summed E-state index contributed by atoms with van der Waals surface area (Å²) < 4.78 is 32.2. The topological polar surface area (TPSA) is 142 Å². The Morgan fingerprint density at radius 3 is 2.60 bits per heavy atom. The minimum Gasteiger partial charge on any atom is -0.462 e. The summed E-state index contributed by atoms with van der Waals surface area (Å²) in [5.74, 6) is -3.23. The predicted octanol–water partition coefficient (Wildman–Crippen LogP) is 5.89. The van der Waals surface area contributed by atoms with E-state index in [1.54, 1.807) is 37.3 Å². The molecule has 2 bridgehead atoms. The number of aliphatic hydroxyl groups excluding tert-OH is 1. The quantitative estimate of drug-likeness (QED) is 0.157. The normalized spacial score (nSPS) is 40.5. The lowest BCUT2D eigenvalue weighted by molar-refractivity contribution is -0.335. The van der Waals surface area contributed by atoms with Gasteiger partial charge in [0.05, 0.1) is 18.8 Å². The van der Waals surface area contributed by atoms with Crippen molar-refractivity contribution in [2.75, 3.05) is 13.7 Å². The Bertz CT molecular complexity index is 1650. The maximum atomic E-state index is 14.2. The SMILES string of the molecule is CCC[C@H]1O[C@]2(CC[C@@H]1C)C[C@@H]1C[C@@H](C/C=C(\C)[C@H](OC(=O)/C(=N\OC)c3ccccc3)[C@@H](C)/C=C/C=C3\CO[C@@H]4[C@H](O)C(C)=C[C@@H](C(=O)O1)[C@]34O)O2. The summed E-state index contributed by atoms with van der Waals surface area (Å²) in [7, 11) is 1.38. The molecule has 6 rings (SSSR count). The zero-order valence-corrected chi connectivity index (χ0v) is 31.7. The number of nitrogens with zero attached hydrogens (tertiary/aromatic N) is 1. The van der Waals surface area contributed by atoms with Crippen molar-refractivity contribution >= 4 is 17.7 Å². The van der Waals surface area contributed by atoms with Gasteiger partial charge in [-0.1, -0.05) is 93.1 Å². The molecule has 0 unspecified atom stereocenters. The van der Waals surface area contributed by atoms with Crippen molar-refractivity contribution in [3.63, 3.8) is 0 Å². The van der Waals surface area contributed by atoms with Gasteiger partial charge in [0.2, 0.25) is 0 Å². The van der Waals surface area contributed by atoms with Gasteiger partial charge in [-0.2, -0.15) is 0 Å². The van der Waals surface area contributed by atoms with Gasteiger partial charge in [-0.15, -0.1) is 0 Å². The van der Waals surface area contributed by atoms with E-state index in [1.807, 2.05) is 44.2 Å². The molecule has 4 heterocycles. The van der Waals surface area contributed by atoms with Gasteiger partial charge < -0.3 is 38.7 Å². The van der Waals surface area contributed by atoms with E-state index in [-0.39, 0.29) is 30.4 Å². The number of allylic oxidation sites excluding steroid dienone is 2. The van der Waals surface area contributed by atoms with Crippen LogP contribution in [0.2, 0.25) is 0 Å². The van der Waals surface area contributed by atoms with Crippen LogP contribution >= 0.6 is 0 Å². The van der Waals surface area contributed by atoms with Gasteiger partial charge in [0.25, 0.3) is 0 Å². The summed E-state index contributed by atoms with van der Waals surface area (Å²) in [6.45, 7) is 9.95. The molecule has 1 spiro atoms. The molecule has 5 aliphatic rings. The van der Waals surface area contributed by atoms with E-state index < -0.39 is 53.7 Å². The Kier molecular flexibility index (Phi) is 12.1. The van der Waals surface area contributed by atoms with Crippen LogP contribution in [0.4, 0.5) is 0 Å². The fourth-order valence-electron chi connectivity index (χ4n) is 8.58. The summed E-state index contributed by atoms with van der Waals surface area (Å²) in [5, 5.41) is 27.5. The van der Waals surface area contributed by atoms with E-state index in [2.05, 4.69) is 19.0 Å². The van der Waals surface area contributed by atoms with Crippen molar-refractivity contribution in [1.29, 1.82) is 0 Å². The third-order valence-corrected chi connectivity index (χ3v) is 11.6. The molecule has 3 fully saturated rings. The molecule has 11 heteroatoms. The molecule has 11 nitrogen and oxygen atoms in total. The Labute approximate surface area is 312 Å². The number of fused-ring (bicyclic) bond motifs is 2. The van der Waals surface area contributed by atoms with Gasteiger partial charge >= 0.3 is 11.9 Å². The molecule has 0 amide bonds. The lowest BCUT2D eigenvalue weighted by Crippen LogP contribution is -2.58. The largest absolute Gasteiger partial charge is 0.462 e.